The predicted molar refractivity (Wildman–Crippen MR) is 70.5 cm³/mol. The first-order valence-corrected chi connectivity index (χ1v) is 7.29. The summed E-state index contributed by atoms with van der Waals surface area (Å²) < 4.78 is 39.4. The number of imidazole rings is 1. The molecule has 0 aliphatic heterocycles. The summed E-state index contributed by atoms with van der Waals surface area (Å²) in [5.41, 5.74) is -0.144. The Kier molecular flexibility index (Phi) is 4.29. The van der Waals surface area contributed by atoms with Crippen LogP contribution in [0.2, 0.25) is 0 Å². The van der Waals surface area contributed by atoms with Gasteiger partial charge in [-0.3, -0.25) is 10.1 Å². The number of aromatic amines is 1. The first-order valence-electron chi connectivity index (χ1n) is 5.81. The molecule has 1 aromatic carbocycles. The zero-order valence-electron chi connectivity index (χ0n) is 10.6. The lowest BCUT2D eigenvalue weighted by molar-refractivity contribution is -0.387. The average molecular weight is 314 g/mol. The van der Waals surface area contributed by atoms with E-state index in [-0.39, 0.29) is 11.4 Å². The Hall–Kier alpha value is -2.33. The van der Waals surface area contributed by atoms with E-state index in [1.54, 1.807) is 6.20 Å². The maximum absolute atomic E-state index is 13.2. The Morgan fingerprint density at radius 2 is 2.19 bits per heavy atom. The molecule has 0 radical (unpaired) electrons. The van der Waals surface area contributed by atoms with Gasteiger partial charge in [0.1, 0.15) is 0 Å². The zero-order chi connectivity index (χ0) is 15.5. The summed E-state index contributed by atoms with van der Waals surface area (Å²) in [4.78, 5) is 15.9. The third kappa shape index (κ3) is 3.61. The molecule has 0 fully saturated rings. The molecular formula is C11H11FN4O4S. The summed E-state index contributed by atoms with van der Waals surface area (Å²) >= 11 is 0. The minimum atomic E-state index is -3.94. The van der Waals surface area contributed by atoms with Crippen molar-refractivity contribution in [2.45, 2.75) is 11.3 Å². The van der Waals surface area contributed by atoms with E-state index in [0.717, 1.165) is 17.8 Å². The van der Waals surface area contributed by atoms with Gasteiger partial charge in [-0.15, -0.1) is 0 Å². The third-order valence-electron chi connectivity index (χ3n) is 2.67. The molecule has 0 atom stereocenters. The number of nitrogens with one attached hydrogen (secondary N) is 2. The molecule has 0 spiro atoms. The van der Waals surface area contributed by atoms with Crippen LogP contribution in [0.25, 0.3) is 0 Å². The fourth-order valence-corrected chi connectivity index (χ4v) is 2.68. The van der Waals surface area contributed by atoms with Crippen LogP contribution in [0.3, 0.4) is 0 Å². The van der Waals surface area contributed by atoms with Crippen molar-refractivity contribution in [3.05, 3.63) is 52.3 Å². The number of hydrogen-bond donors (Lipinski definition) is 2. The Bertz CT molecular complexity index is 746. The highest BCUT2D eigenvalue weighted by Crippen LogP contribution is 2.21. The van der Waals surface area contributed by atoms with Gasteiger partial charge in [0.15, 0.2) is 0 Å². The van der Waals surface area contributed by atoms with Gasteiger partial charge in [-0.1, -0.05) is 0 Å². The van der Waals surface area contributed by atoms with Crippen LogP contribution >= 0.6 is 0 Å². The smallest absolute Gasteiger partial charge is 0.306 e. The van der Waals surface area contributed by atoms with Gasteiger partial charge in [-0.25, -0.2) is 18.1 Å². The summed E-state index contributed by atoms with van der Waals surface area (Å²) in [5.74, 6) is -1.09. The summed E-state index contributed by atoms with van der Waals surface area (Å²) in [6.07, 6.45) is 3.40. The fourth-order valence-electron chi connectivity index (χ4n) is 1.62. The van der Waals surface area contributed by atoms with E-state index in [0.29, 0.717) is 12.5 Å². The summed E-state index contributed by atoms with van der Waals surface area (Å²) in [5, 5.41) is 10.6. The topological polar surface area (TPSA) is 118 Å². The van der Waals surface area contributed by atoms with Crippen LogP contribution in [0.1, 0.15) is 5.69 Å². The molecule has 0 saturated carbocycles. The molecule has 0 amide bonds. The number of H-pyrrole nitrogens is 1. The van der Waals surface area contributed by atoms with Crippen LogP contribution in [0.5, 0.6) is 0 Å². The van der Waals surface area contributed by atoms with Crippen molar-refractivity contribution < 1.29 is 17.7 Å². The van der Waals surface area contributed by atoms with Crippen molar-refractivity contribution in [1.82, 2.24) is 14.7 Å². The molecule has 0 bridgehead atoms. The summed E-state index contributed by atoms with van der Waals surface area (Å²) in [6.45, 7) is 0.0791. The van der Waals surface area contributed by atoms with Gasteiger partial charge in [0.25, 0.3) is 0 Å². The normalized spacial score (nSPS) is 11.5. The van der Waals surface area contributed by atoms with Gasteiger partial charge in [-0.05, 0) is 12.1 Å². The molecule has 21 heavy (non-hydrogen) atoms. The van der Waals surface area contributed by atoms with Crippen LogP contribution in [0, 0.1) is 15.9 Å². The Morgan fingerprint density at radius 1 is 1.43 bits per heavy atom. The zero-order valence-corrected chi connectivity index (χ0v) is 11.4. The van der Waals surface area contributed by atoms with Crippen LogP contribution in [-0.2, 0) is 16.4 Å². The van der Waals surface area contributed by atoms with Crippen molar-refractivity contribution in [3.63, 3.8) is 0 Å². The van der Waals surface area contributed by atoms with E-state index in [1.165, 1.54) is 6.33 Å². The van der Waals surface area contributed by atoms with Crippen molar-refractivity contribution in [3.8, 4) is 0 Å². The highest BCUT2D eigenvalue weighted by molar-refractivity contribution is 7.89. The maximum atomic E-state index is 13.2. The molecule has 2 N–H and O–H groups in total. The second kappa shape index (κ2) is 5.97. The molecule has 112 valence electrons. The lowest BCUT2D eigenvalue weighted by Gasteiger charge is -2.06. The number of nitrogens with zero attached hydrogens (tertiary/aromatic N) is 2. The average Bonchev–Trinajstić information content (AvgIpc) is 2.91. The van der Waals surface area contributed by atoms with Crippen LogP contribution in [0.15, 0.2) is 35.6 Å². The van der Waals surface area contributed by atoms with E-state index in [2.05, 4.69) is 14.7 Å². The quantitative estimate of drug-likeness (QED) is 0.608. The lowest BCUT2D eigenvalue weighted by atomic mass is 10.3. The molecule has 1 heterocycles. The molecule has 2 aromatic rings. The minimum absolute atomic E-state index is 0.0791. The van der Waals surface area contributed by atoms with Gasteiger partial charge < -0.3 is 4.98 Å². The van der Waals surface area contributed by atoms with Crippen molar-refractivity contribution in [2.75, 3.05) is 6.54 Å². The number of rotatable bonds is 6. The molecule has 10 heteroatoms. The van der Waals surface area contributed by atoms with E-state index in [9.17, 15) is 22.9 Å². The van der Waals surface area contributed by atoms with Gasteiger partial charge in [0.05, 0.1) is 16.1 Å². The first kappa shape index (κ1) is 15.1. The highest BCUT2D eigenvalue weighted by atomic mass is 32.2. The third-order valence-corrected chi connectivity index (χ3v) is 4.12. The molecule has 0 aliphatic rings. The van der Waals surface area contributed by atoms with Crippen molar-refractivity contribution in [2.24, 2.45) is 0 Å². The van der Waals surface area contributed by atoms with Gasteiger partial charge in [-0.2, -0.15) is 4.39 Å². The van der Waals surface area contributed by atoms with Crippen LogP contribution in [0.4, 0.5) is 10.1 Å². The molecule has 8 nitrogen and oxygen atoms in total. The molecule has 2 rings (SSSR count). The standard InChI is InChI=1S/C11H11FN4O4S/c12-10-2-1-9(5-11(10)16(17)18)21(19,20)15-4-3-8-6-13-7-14-8/h1-2,5-7,15H,3-4H2,(H,13,14). The SMILES string of the molecule is O=[N+]([O-])c1cc(S(=O)(=O)NCCc2cnc[nH]2)ccc1F. The van der Waals surface area contributed by atoms with E-state index >= 15 is 0 Å². The fraction of sp³-hybridized carbons (Fsp3) is 0.182. The number of hydrogen-bond acceptors (Lipinski definition) is 5. The Morgan fingerprint density at radius 3 is 2.81 bits per heavy atom. The number of benzene rings is 1. The summed E-state index contributed by atoms with van der Waals surface area (Å²) in [6, 6.07) is 2.41. The molecule has 0 aliphatic carbocycles. The molecular weight excluding hydrogens is 303 g/mol. The van der Waals surface area contributed by atoms with E-state index in [1.807, 2.05) is 0 Å². The second-order valence-electron chi connectivity index (χ2n) is 4.09. The van der Waals surface area contributed by atoms with Crippen molar-refractivity contribution in [1.29, 1.82) is 0 Å². The maximum Gasteiger partial charge on any atom is 0.306 e. The van der Waals surface area contributed by atoms with Gasteiger partial charge in [0, 0.05) is 30.9 Å². The number of nitro groups is 1. The Balaban J connectivity index is 2.12. The molecule has 1 aromatic heterocycles. The van der Waals surface area contributed by atoms with Gasteiger partial charge in [0.2, 0.25) is 15.8 Å². The first-order chi connectivity index (χ1) is 9.90. The van der Waals surface area contributed by atoms with Crippen LogP contribution < -0.4 is 4.72 Å². The monoisotopic (exact) mass is 314 g/mol. The van der Waals surface area contributed by atoms with Gasteiger partial charge >= 0.3 is 5.69 Å². The molecule has 0 unspecified atom stereocenters. The number of sulfonamides is 1. The molecule has 0 saturated heterocycles. The predicted octanol–water partition coefficient (Wildman–Crippen LogP) is 0.978. The van der Waals surface area contributed by atoms with Crippen LogP contribution in [-0.4, -0.2) is 29.9 Å². The Labute approximate surface area is 119 Å². The van der Waals surface area contributed by atoms with E-state index in [4.69, 9.17) is 0 Å². The second-order valence-corrected chi connectivity index (χ2v) is 5.86. The number of nitro benzene ring substituents is 1. The van der Waals surface area contributed by atoms with Crippen molar-refractivity contribution >= 4 is 15.7 Å². The van der Waals surface area contributed by atoms with E-state index < -0.39 is 26.5 Å². The number of aromatic nitrogens is 2. The summed E-state index contributed by atoms with van der Waals surface area (Å²) in [7, 11) is -3.94. The largest absolute Gasteiger partial charge is 0.348 e. The minimum Gasteiger partial charge on any atom is -0.348 e. The highest BCUT2D eigenvalue weighted by Gasteiger charge is 2.21. The lowest BCUT2D eigenvalue weighted by Crippen LogP contribution is -2.26. The number of halogens is 1.